The Morgan fingerprint density at radius 3 is 2.34 bits per heavy atom. The number of anilines is 1. The minimum atomic E-state index is -3.98. The lowest BCUT2D eigenvalue weighted by Crippen LogP contribution is -2.54. The molecule has 2 rings (SSSR count). The molecule has 0 fully saturated rings. The van der Waals surface area contributed by atoms with E-state index in [0.29, 0.717) is 0 Å². The van der Waals surface area contributed by atoms with E-state index in [2.05, 4.69) is 5.32 Å². The Bertz CT molecular complexity index is 1180. The lowest BCUT2D eigenvalue weighted by molar-refractivity contribution is -0.140. The zero-order valence-electron chi connectivity index (χ0n) is 20.6. The van der Waals surface area contributed by atoms with Gasteiger partial charge < -0.3 is 15.0 Å². The first-order chi connectivity index (χ1) is 16.1. The minimum Gasteiger partial charge on any atom is -0.495 e. The van der Waals surface area contributed by atoms with E-state index in [0.717, 1.165) is 15.5 Å². The average molecular weight is 528 g/mol. The van der Waals surface area contributed by atoms with Crippen LogP contribution in [0.25, 0.3) is 0 Å². The Morgan fingerprint density at radius 2 is 1.80 bits per heavy atom. The van der Waals surface area contributed by atoms with E-state index >= 15 is 0 Å². The average Bonchev–Trinajstić information content (AvgIpc) is 2.74. The van der Waals surface area contributed by atoms with Crippen LogP contribution in [0.15, 0.2) is 42.5 Å². The zero-order valence-corrected chi connectivity index (χ0v) is 22.2. The third-order valence-electron chi connectivity index (χ3n) is 5.05. The van der Waals surface area contributed by atoms with Crippen molar-refractivity contribution in [1.29, 1.82) is 0 Å². The van der Waals surface area contributed by atoms with Gasteiger partial charge in [0.15, 0.2) is 0 Å². The molecular weight excluding hydrogens is 497 g/mol. The number of methoxy groups -OCH3 is 1. The van der Waals surface area contributed by atoms with Gasteiger partial charge in [0.05, 0.1) is 19.1 Å². The van der Waals surface area contributed by atoms with Crippen molar-refractivity contribution in [2.45, 2.75) is 45.8 Å². The summed E-state index contributed by atoms with van der Waals surface area (Å²) in [6.07, 6.45) is 0.942. The van der Waals surface area contributed by atoms with Crippen LogP contribution in [0.2, 0.25) is 5.02 Å². The first-order valence-electron chi connectivity index (χ1n) is 10.8. The molecule has 0 saturated heterocycles. The van der Waals surface area contributed by atoms with E-state index in [4.69, 9.17) is 16.3 Å². The normalized spacial score (nSPS) is 12.6. The maximum absolute atomic E-state index is 14.4. The number of rotatable bonds is 9. The number of ether oxygens (including phenoxy) is 1. The van der Waals surface area contributed by atoms with Crippen LogP contribution in [0.5, 0.6) is 5.75 Å². The fourth-order valence-electron chi connectivity index (χ4n) is 3.32. The molecule has 0 spiro atoms. The van der Waals surface area contributed by atoms with Crippen molar-refractivity contribution in [2.75, 3.05) is 24.2 Å². The summed E-state index contributed by atoms with van der Waals surface area (Å²) >= 11 is 6.08. The Labute approximate surface area is 211 Å². The summed E-state index contributed by atoms with van der Waals surface area (Å²) in [4.78, 5) is 27.6. The molecule has 2 aromatic rings. The van der Waals surface area contributed by atoms with Crippen LogP contribution in [-0.2, 0) is 26.2 Å². The molecule has 0 saturated carbocycles. The SMILES string of the molecule is COc1ccc(Cl)cc1N(CC(=O)N(Cc1ccccc1F)[C@H](C)C(=O)NC(C)(C)C)S(C)(=O)=O. The third kappa shape index (κ3) is 7.83. The molecule has 0 bridgehead atoms. The fourth-order valence-corrected chi connectivity index (χ4v) is 4.33. The summed E-state index contributed by atoms with van der Waals surface area (Å²) in [6.45, 7) is 5.97. The van der Waals surface area contributed by atoms with Gasteiger partial charge in [0.25, 0.3) is 0 Å². The molecule has 2 amide bonds. The predicted octanol–water partition coefficient (Wildman–Crippen LogP) is 3.59. The summed E-state index contributed by atoms with van der Waals surface area (Å²) < 4.78 is 45.9. The van der Waals surface area contributed by atoms with E-state index in [1.807, 2.05) is 0 Å². The second kappa shape index (κ2) is 11.3. The summed E-state index contributed by atoms with van der Waals surface area (Å²) in [7, 11) is -2.62. The minimum absolute atomic E-state index is 0.0634. The van der Waals surface area contributed by atoms with Crippen molar-refractivity contribution in [3.63, 3.8) is 0 Å². The smallest absolute Gasteiger partial charge is 0.244 e. The molecule has 8 nitrogen and oxygen atoms in total. The highest BCUT2D eigenvalue weighted by Gasteiger charge is 2.32. The van der Waals surface area contributed by atoms with Crippen molar-refractivity contribution in [3.8, 4) is 5.75 Å². The van der Waals surface area contributed by atoms with Crippen molar-refractivity contribution in [2.24, 2.45) is 0 Å². The Balaban J connectivity index is 2.49. The number of hydrogen-bond acceptors (Lipinski definition) is 5. The van der Waals surface area contributed by atoms with Gasteiger partial charge in [-0.15, -0.1) is 0 Å². The summed E-state index contributed by atoms with van der Waals surface area (Å²) in [5.74, 6) is -1.54. The van der Waals surface area contributed by atoms with Crippen LogP contribution >= 0.6 is 11.6 Å². The summed E-state index contributed by atoms with van der Waals surface area (Å²) in [5, 5.41) is 3.04. The number of hydrogen-bond donors (Lipinski definition) is 1. The van der Waals surface area contributed by atoms with Crippen molar-refractivity contribution >= 4 is 39.1 Å². The molecule has 0 radical (unpaired) electrons. The van der Waals surface area contributed by atoms with Gasteiger partial charge in [0, 0.05) is 22.7 Å². The first-order valence-corrected chi connectivity index (χ1v) is 13.0. The van der Waals surface area contributed by atoms with Crippen LogP contribution < -0.4 is 14.4 Å². The standard InChI is InChI=1S/C24H31ClFN3O5S/c1-16(23(31)27-24(2,3)4)28(14-17-9-7-8-10-19(17)26)22(30)15-29(35(6,32)33)20-13-18(25)11-12-21(20)34-5/h7-13,16H,14-15H2,1-6H3,(H,27,31)/t16-/m1/s1. The molecule has 0 aliphatic heterocycles. The lowest BCUT2D eigenvalue weighted by Gasteiger charge is -2.33. The number of nitrogens with zero attached hydrogens (tertiary/aromatic N) is 2. The first kappa shape index (κ1) is 28.4. The molecule has 1 N–H and O–H groups in total. The molecule has 2 aromatic carbocycles. The molecule has 11 heteroatoms. The van der Waals surface area contributed by atoms with Crippen LogP contribution in [0, 0.1) is 5.82 Å². The summed E-state index contributed by atoms with van der Waals surface area (Å²) in [5.41, 5.74) is -0.332. The van der Waals surface area contributed by atoms with Crippen LogP contribution in [0.1, 0.15) is 33.3 Å². The van der Waals surface area contributed by atoms with E-state index in [1.165, 1.54) is 50.4 Å². The van der Waals surface area contributed by atoms with E-state index in [9.17, 15) is 22.4 Å². The van der Waals surface area contributed by atoms with Gasteiger partial charge in [-0.2, -0.15) is 0 Å². The molecule has 0 aliphatic carbocycles. The maximum atomic E-state index is 14.4. The van der Waals surface area contributed by atoms with Gasteiger partial charge in [0.2, 0.25) is 21.8 Å². The topological polar surface area (TPSA) is 96.0 Å². The maximum Gasteiger partial charge on any atom is 0.244 e. The number of carbonyl (C=O) groups is 2. The van der Waals surface area contributed by atoms with Crippen molar-refractivity contribution in [3.05, 3.63) is 58.9 Å². The molecule has 35 heavy (non-hydrogen) atoms. The molecule has 192 valence electrons. The van der Waals surface area contributed by atoms with Gasteiger partial charge in [0.1, 0.15) is 24.2 Å². The molecular formula is C24H31ClFN3O5S. The monoisotopic (exact) mass is 527 g/mol. The second-order valence-corrected chi connectivity index (χ2v) is 11.5. The zero-order chi connectivity index (χ0) is 26.6. The molecule has 0 aliphatic rings. The van der Waals surface area contributed by atoms with Crippen LogP contribution in [0.3, 0.4) is 0 Å². The second-order valence-electron chi connectivity index (χ2n) is 9.11. The Kier molecular flexibility index (Phi) is 9.13. The van der Waals surface area contributed by atoms with Crippen LogP contribution in [-0.4, -0.2) is 56.6 Å². The number of sulfonamides is 1. The highest BCUT2D eigenvalue weighted by Crippen LogP contribution is 2.33. The highest BCUT2D eigenvalue weighted by molar-refractivity contribution is 7.92. The Morgan fingerprint density at radius 1 is 1.17 bits per heavy atom. The van der Waals surface area contributed by atoms with E-state index in [-0.39, 0.29) is 28.6 Å². The molecule has 0 aromatic heterocycles. The summed E-state index contributed by atoms with van der Waals surface area (Å²) in [6, 6.07) is 9.22. The number of nitrogens with one attached hydrogen (secondary N) is 1. The fraction of sp³-hybridized carbons (Fsp3) is 0.417. The highest BCUT2D eigenvalue weighted by atomic mass is 35.5. The largest absolute Gasteiger partial charge is 0.495 e. The quantitative estimate of drug-likeness (QED) is 0.537. The number of carbonyl (C=O) groups excluding carboxylic acids is 2. The lowest BCUT2D eigenvalue weighted by atomic mass is 10.1. The van der Waals surface area contributed by atoms with Crippen molar-refractivity contribution < 1.29 is 27.1 Å². The predicted molar refractivity (Wildman–Crippen MR) is 135 cm³/mol. The number of benzene rings is 2. The Hall–Kier alpha value is -2.85. The van der Waals surface area contributed by atoms with Gasteiger partial charge in [-0.3, -0.25) is 13.9 Å². The van der Waals surface area contributed by atoms with E-state index in [1.54, 1.807) is 26.8 Å². The van der Waals surface area contributed by atoms with Gasteiger partial charge in [-0.25, -0.2) is 12.8 Å². The third-order valence-corrected chi connectivity index (χ3v) is 6.41. The number of amides is 2. The molecule has 0 heterocycles. The van der Waals surface area contributed by atoms with Crippen molar-refractivity contribution in [1.82, 2.24) is 10.2 Å². The molecule has 0 unspecified atom stereocenters. The van der Waals surface area contributed by atoms with Crippen LogP contribution in [0.4, 0.5) is 10.1 Å². The van der Waals surface area contributed by atoms with Gasteiger partial charge in [-0.05, 0) is 52.0 Å². The molecule has 1 atom stereocenters. The van der Waals surface area contributed by atoms with Gasteiger partial charge >= 0.3 is 0 Å². The van der Waals surface area contributed by atoms with E-state index < -0.39 is 45.8 Å². The number of halogens is 2. The van der Waals surface area contributed by atoms with Gasteiger partial charge in [-0.1, -0.05) is 29.8 Å².